The number of carbonyl (C=O) groups excluding carboxylic acids is 1. The third kappa shape index (κ3) is 6.84. The van der Waals surface area contributed by atoms with Gasteiger partial charge < -0.3 is 45.6 Å². The first-order chi connectivity index (χ1) is 21.6. The van der Waals surface area contributed by atoms with Gasteiger partial charge >= 0.3 is 0 Å². The van der Waals surface area contributed by atoms with Gasteiger partial charge in [-0.05, 0) is 49.8 Å². The van der Waals surface area contributed by atoms with Crippen LogP contribution >= 0.6 is 0 Å². The van der Waals surface area contributed by atoms with Gasteiger partial charge in [-0.2, -0.15) is 0 Å². The highest BCUT2D eigenvalue weighted by Gasteiger charge is 2.45. The van der Waals surface area contributed by atoms with Crippen molar-refractivity contribution < 1.29 is 29.6 Å². The molecule has 1 saturated heterocycles. The lowest BCUT2D eigenvalue weighted by atomic mass is 10.00. The van der Waals surface area contributed by atoms with Gasteiger partial charge in [0.1, 0.15) is 30.4 Å². The third-order valence-electron chi connectivity index (χ3n) is 7.61. The number of nitrogens with two attached hydrogens (primary N) is 1. The maximum Gasteiger partial charge on any atom is 0.253 e. The Morgan fingerprint density at radius 1 is 1.11 bits per heavy atom. The van der Waals surface area contributed by atoms with Crippen LogP contribution in [0.3, 0.4) is 0 Å². The lowest BCUT2D eigenvalue weighted by Gasteiger charge is -2.20. The molecule has 0 saturated carbocycles. The lowest BCUT2D eigenvalue weighted by molar-refractivity contribution is -0.0501. The van der Waals surface area contributed by atoms with E-state index in [1.807, 2.05) is 50.5 Å². The molecule has 240 valence electrons. The fraction of sp³-hybridized carbons (Fsp3) is 0.419. The molecule has 1 fully saturated rings. The molecule has 0 bridgehead atoms. The van der Waals surface area contributed by atoms with E-state index in [9.17, 15) is 20.1 Å². The molecule has 0 radical (unpaired) electrons. The molecule has 2 aromatic carbocycles. The van der Waals surface area contributed by atoms with E-state index in [0.717, 1.165) is 29.7 Å². The van der Waals surface area contributed by atoms with E-state index >= 15 is 0 Å². The number of fused-ring (bicyclic) bond motifs is 1. The first-order valence-corrected chi connectivity index (χ1v) is 14.7. The molecule has 1 aliphatic rings. The van der Waals surface area contributed by atoms with E-state index in [-0.39, 0.29) is 17.7 Å². The van der Waals surface area contributed by atoms with Crippen LogP contribution in [0.2, 0.25) is 0 Å². The first-order valence-electron chi connectivity index (χ1n) is 14.7. The molecule has 5 rings (SSSR count). The van der Waals surface area contributed by atoms with Crippen molar-refractivity contribution in [1.29, 1.82) is 0 Å². The van der Waals surface area contributed by atoms with Gasteiger partial charge in [0.2, 0.25) is 5.95 Å². The van der Waals surface area contributed by atoms with Gasteiger partial charge in [-0.1, -0.05) is 24.3 Å². The molecule has 1 amide bonds. The summed E-state index contributed by atoms with van der Waals surface area (Å²) in [6, 6.07) is 13.3. The van der Waals surface area contributed by atoms with Crippen LogP contribution in [-0.4, -0.2) is 117 Å². The van der Waals surface area contributed by atoms with Crippen molar-refractivity contribution in [1.82, 2.24) is 29.3 Å². The Bertz CT molecular complexity index is 1640. The van der Waals surface area contributed by atoms with Crippen molar-refractivity contribution in [2.24, 2.45) is 0 Å². The van der Waals surface area contributed by atoms with E-state index in [1.54, 1.807) is 25.1 Å². The summed E-state index contributed by atoms with van der Waals surface area (Å²) >= 11 is 0. The fourth-order valence-corrected chi connectivity index (χ4v) is 5.24. The summed E-state index contributed by atoms with van der Waals surface area (Å²) in [7, 11) is 7.46. The van der Waals surface area contributed by atoms with Crippen molar-refractivity contribution in [2.75, 3.05) is 59.0 Å². The Kier molecular flexibility index (Phi) is 9.80. The number of nitrogens with zero attached hydrogens (tertiary/aromatic N) is 6. The van der Waals surface area contributed by atoms with Crippen molar-refractivity contribution in [3.8, 4) is 16.9 Å². The van der Waals surface area contributed by atoms with Crippen LogP contribution in [0.1, 0.15) is 28.6 Å². The molecule has 14 nitrogen and oxygen atoms in total. The number of benzene rings is 2. The van der Waals surface area contributed by atoms with Gasteiger partial charge in [-0.25, -0.2) is 15.0 Å². The van der Waals surface area contributed by atoms with Crippen LogP contribution in [0.4, 0.5) is 11.8 Å². The summed E-state index contributed by atoms with van der Waals surface area (Å²) in [6.07, 6.45) is -2.63. The number of nitrogen functional groups attached to an aromatic ring is 1. The lowest BCUT2D eigenvalue weighted by Crippen LogP contribution is -2.33. The predicted molar refractivity (Wildman–Crippen MR) is 169 cm³/mol. The highest BCUT2D eigenvalue weighted by Crippen LogP contribution is 2.36. The standard InChI is InChI=1S/C31H40N8O6/c1-37(2)11-6-12-44-22-13-18(9-10-21(22)19-7-5-8-20(14-19)29(43)38(3)4)15-33-31-36-24-27(32)34-17-35-28(24)39(31)30-26(42)25(41)23(16-40)45-30/h5,7-10,13-14,17,23,25-26,30,40-42H,6,11-12,15-16H2,1-4H3,(H,33,36)(H2,32,34,35)/t23-,25-,26-,30-/m1/s1. The largest absolute Gasteiger partial charge is 0.493 e. The number of hydrogen-bond donors (Lipinski definition) is 5. The SMILES string of the molecule is CN(C)CCCOc1cc(CNc2nc3c(N)ncnc3n2[C@@H]2O[C@H](CO)[C@@H](O)[C@H]2O)ccc1-c1cccc(C(=O)N(C)C)c1. The first kappa shape index (κ1) is 32.1. The molecule has 1 aliphatic heterocycles. The smallest absolute Gasteiger partial charge is 0.253 e. The molecular formula is C31H40N8O6. The van der Waals surface area contributed by atoms with E-state index in [1.165, 1.54) is 10.9 Å². The Hall–Kier alpha value is -4.34. The summed E-state index contributed by atoms with van der Waals surface area (Å²) in [4.78, 5) is 29.2. The number of imidazole rings is 1. The van der Waals surface area contributed by atoms with Gasteiger partial charge in [0.25, 0.3) is 5.91 Å². The molecule has 6 N–H and O–H groups in total. The number of anilines is 2. The minimum Gasteiger partial charge on any atom is -0.493 e. The molecule has 2 aromatic heterocycles. The maximum absolute atomic E-state index is 12.7. The van der Waals surface area contributed by atoms with Crippen molar-refractivity contribution in [3.63, 3.8) is 0 Å². The monoisotopic (exact) mass is 620 g/mol. The van der Waals surface area contributed by atoms with Crippen molar-refractivity contribution in [2.45, 2.75) is 37.5 Å². The number of aromatic nitrogens is 4. The van der Waals surface area contributed by atoms with Crippen LogP contribution in [-0.2, 0) is 11.3 Å². The quantitative estimate of drug-likeness (QED) is 0.143. The number of carbonyl (C=O) groups is 1. The summed E-state index contributed by atoms with van der Waals surface area (Å²) in [5.74, 6) is 0.990. The Morgan fingerprint density at radius 2 is 1.91 bits per heavy atom. The van der Waals surface area contributed by atoms with Crippen LogP contribution in [0, 0.1) is 0 Å². The minimum atomic E-state index is -1.35. The highest BCUT2D eigenvalue weighted by atomic mass is 16.6. The van der Waals surface area contributed by atoms with Gasteiger partial charge in [0.15, 0.2) is 23.2 Å². The number of hydrogen-bond acceptors (Lipinski definition) is 12. The average Bonchev–Trinajstić information content (AvgIpc) is 3.54. The molecule has 14 heteroatoms. The Labute approximate surface area is 261 Å². The average molecular weight is 621 g/mol. The number of rotatable bonds is 12. The number of ether oxygens (including phenoxy) is 2. The van der Waals surface area contributed by atoms with Gasteiger partial charge in [0, 0.05) is 38.3 Å². The number of amides is 1. The highest BCUT2D eigenvalue weighted by molar-refractivity contribution is 5.95. The van der Waals surface area contributed by atoms with Crippen molar-refractivity contribution in [3.05, 3.63) is 59.9 Å². The summed E-state index contributed by atoms with van der Waals surface area (Å²) in [6.45, 7) is 1.18. The van der Waals surface area contributed by atoms with E-state index in [2.05, 4.69) is 25.2 Å². The van der Waals surface area contributed by atoms with Gasteiger partial charge in [-0.15, -0.1) is 0 Å². The molecule has 4 aromatic rings. The van der Waals surface area contributed by atoms with E-state index in [0.29, 0.717) is 35.6 Å². The number of aliphatic hydroxyl groups is 3. The second kappa shape index (κ2) is 13.7. The predicted octanol–water partition coefficient (Wildman–Crippen LogP) is 1.33. The minimum absolute atomic E-state index is 0.0893. The second-order valence-electron chi connectivity index (χ2n) is 11.4. The van der Waals surface area contributed by atoms with Crippen LogP contribution in [0.5, 0.6) is 5.75 Å². The number of aliphatic hydroxyl groups excluding tert-OH is 3. The van der Waals surface area contributed by atoms with Gasteiger partial charge in [0.05, 0.1) is 13.2 Å². The topological polar surface area (TPSA) is 184 Å². The second-order valence-corrected chi connectivity index (χ2v) is 11.4. The zero-order valence-corrected chi connectivity index (χ0v) is 25.8. The Morgan fingerprint density at radius 3 is 2.62 bits per heavy atom. The number of nitrogens with one attached hydrogen (secondary N) is 1. The summed E-state index contributed by atoms with van der Waals surface area (Å²) < 4.78 is 13.6. The molecule has 3 heterocycles. The molecule has 0 aliphatic carbocycles. The summed E-state index contributed by atoms with van der Waals surface area (Å²) in [5.41, 5.74) is 9.81. The van der Waals surface area contributed by atoms with E-state index in [4.69, 9.17) is 15.2 Å². The Balaban J connectivity index is 1.46. The van der Waals surface area contributed by atoms with Crippen LogP contribution < -0.4 is 15.8 Å². The van der Waals surface area contributed by atoms with Crippen LogP contribution in [0.25, 0.3) is 22.3 Å². The van der Waals surface area contributed by atoms with Crippen LogP contribution in [0.15, 0.2) is 48.8 Å². The molecule has 45 heavy (non-hydrogen) atoms. The molecule has 4 atom stereocenters. The fourth-order valence-electron chi connectivity index (χ4n) is 5.24. The molecule has 0 unspecified atom stereocenters. The normalized spacial score (nSPS) is 19.7. The zero-order valence-electron chi connectivity index (χ0n) is 25.8. The molecule has 0 spiro atoms. The maximum atomic E-state index is 12.7. The zero-order chi connectivity index (χ0) is 32.2. The molecular weight excluding hydrogens is 580 g/mol. The summed E-state index contributed by atoms with van der Waals surface area (Å²) in [5, 5.41) is 34.1. The third-order valence-corrected chi connectivity index (χ3v) is 7.61. The van der Waals surface area contributed by atoms with Crippen molar-refractivity contribution >= 4 is 28.8 Å². The van der Waals surface area contributed by atoms with E-state index < -0.39 is 31.1 Å². The van der Waals surface area contributed by atoms with Gasteiger partial charge in [-0.3, -0.25) is 9.36 Å².